The fourth-order valence-electron chi connectivity index (χ4n) is 1.41. The Morgan fingerprint density at radius 3 is 2.69 bits per heavy atom. The van der Waals surface area contributed by atoms with Gasteiger partial charge in [0.2, 0.25) is 0 Å². The van der Waals surface area contributed by atoms with Crippen LogP contribution in [0.2, 0.25) is 0 Å². The monoisotopic (exact) mass is 219 g/mol. The average molecular weight is 219 g/mol. The molecule has 0 bridgehead atoms. The SMILES string of the molecule is C/C(=C/CNc1ccc(C)cc1C)C(=O)O. The highest BCUT2D eigenvalue weighted by molar-refractivity contribution is 5.85. The number of aryl methyl sites for hydroxylation is 2. The van der Waals surface area contributed by atoms with Gasteiger partial charge in [-0.25, -0.2) is 4.79 Å². The topological polar surface area (TPSA) is 49.3 Å². The van der Waals surface area contributed by atoms with Gasteiger partial charge < -0.3 is 10.4 Å². The fourth-order valence-corrected chi connectivity index (χ4v) is 1.41. The maximum absolute atomic E-state index is 10.6. The molecule has 0 unspecified atom stereocenters. The number of hydrogen-bond donors (Lipinski definition) is 2. The summed E-state index contributed by atoms with van der Waals surface area (Å²) in [6.07, 6.45) is 1.67. The van der Waals surface area contributed by atoms with Crippen LogP contribution in [0.15, 0.2) is 29.8 Å². The molecule has 0 aliphatic rings. The summed E-state index contributed by atoms with van der Waals surface area (Å²) in [5.41, 5.74) is 3.79. The van der Waals surface area contributed by atoms with E-state index in [0.717, 1.165) is 5.69 Å². The van der Waals surface area contributed by atoms with Crippen LogP contribution in [0.4, 0.5) is 5.69 Å². The molecule has 0 amide bonds. The van der Waals surface area contributed by atoms with Crippen molar-refractivity contribution in [3.63, 3.8) is 0 Å². The molecule has 0 aliphatic carbocycles. The summed E-state index contributed by atoms with van der Waals surface area (Å²) in [6, 6.07) is 6.13. The van der Waals surface area contributed by atoms with Gasteiger partial charge in [-0.2, -0.15) is 0 Å². The Kier molecular flexibility index (Phi) is 4.11. The van der Waals surface area contributed by atoms with Crippen LogP contribution in [-0.4, -0.2) is 17.6 Å². The highest BCUT2D eigenvalue weighted by Crippen LogP contribution is 2.15. The first-order valence-electron chi connectivity index (χ1n) is 5.22. The minimum Gasteiger partial charge on any atom is -0.478 e. The Balaban J connectivity index is 2.62. The second-order valence-corrected chi connectivity index (χ2v) is 3.89. The summed E-state index contributed by atoms with van der Waals surface area (Å²) in [7, 11) is 0. The molecule has 2 N–H and O–H groups in total. The van der Waals surface area contributed by atoms with E-state index in [4.69, 9.17) is 5.11 Å². The highest BCUT2D eigenvalue weighted by atomic mass is 16.4. The summed E-state index contributed by atoms with van der Waals surface area (Å²) >= 11 is 0. The van der Waals surface area contributed by atoms with E-state index in [2.05, 4.69) is 11.4 Å². The van der Waals surface area contributed by atoms with Gasteiger partial charge >= 0.3 is 5.97 Å². The quantitative estimate of drug-likeness (QED) is 0.765. The fraction of sp³-hybridized carbons (Fsp3) is 0.308. The normalized spacial score (nSPS) is 11.3. The van der Waals surface area contributed by atoms with Crippen LogP contribution < -0.4 is 5.32 Å². The van der Waals surface area contributed by atoms with Gasteiger partial charge in [0.15, 0.2) is 0 Å². The first kappa shape index (κ1) is 12.3. The molecule has 1 aromatic rings. The number of hydrogen-bond acceptors (Lipinski definition) is 2. The molecule has 0 aromatic heterocycles. The van der Waals surface area contributed by atoms with Crippen molar-refractivity contribution in [1.29, 1.82) is 0 Å². The van der Waals surface area contributed by atoms with E-state index in [-0.39, 0.29) is 0 Å². The molecule has 0 saturated carbocycles. The Morgan fingerprint density at radius 2 is 2.12 bits per heavy atom. The van der Waals surface area contributed by atoms with Gasteiger partial charge in [-0.3, -0.25) is 0 Å². The standard InChI is InChI=1S/C13H17NO2/c1-9-4-5-12(11(3)8-9)14-7-6-10(2)13(15)16/h4-6,8,14H,7H2,1-3H3,(H,15,16)/b10-6-. The van der Waals surface area contributed by atoms with Crippen molar-refractivity contribution in [1.82, 2.24) is 0 Å². The molecule has 3 nitrogen and oxygen atoms in total. The summed E-state index contributed by atoms with van der Waals surface area (Å²) in [6.45, 7) is 6.20. The number of carboxylic acids is 1. The van der Waals surface area contributed by atoms with E-state index in [1.165, 1.54) is 11.1 Å². The van der Waals surface area contributed by atoms with Crippen LogP contribution in [-0.2, 0) is 4.79 Å². The van der Waals surface area contributed by atoms with Gasteiger partial charge in [0.1, 0.15) is 0 Å². The number of rotatable bonds is 4. The van der Waals surface area contributed by atoms with Crippen molar-refractivity contribution < 1.29 is 9.90 Å². The first-order valence-corrected chi connectivity index (χ1v) is 5.22. The maximum atomic E-state index is 10.6. The second kappa shape index (κ2) is 5.35. The van der Waals surface area contributed by atoms with Crippen LogP contribution in [0.1, 0.15) is 18.1 Å². The third kappa shape index (κ3) is 3.42. The molecule has 0 aliphatic heterocycles. The Hall–Kier alpha value is -1.77. The Labute approximate surface area is 95.8 Å². The van der Waals surface area contributed by atoms with Crippen LogP contribution in [0.5, 0.6) is 0 Å². The zero-order valence-corrected chi connectivity index (χ0v) is 9.87. The zero-order valence-electron chi connectivity index (χ0n) is 9.87. The molecule has 3 heteroatoms. The summed E-state index contributed by atoms with van der Waals surface area (Å²) in [5, 5.41) is 11.9. The van der Waals surface area contributed by atoms with Gasteiger partial charge in [-0.1, -0.05) is 23.8 Å². The van der Waals surface area contributed by atoms with Crippen molar-refractivity contribution in [2.45, 2.75) is 20.8 Å². The minimum absolute atomic E-state index is 0.359. The molecule has 0 radical (unpaired) electrons. The lowest BCUT2D eigenvalue weighted by molar-refractivity contribution is -0.132. The van der Waals surface area contributed by atoms with Crippen molar-refractivity contribution in [2.75, 3.05) is 11.9 Å². The van der Waals surface area contributed by atoms with Gasteiger partial charge in [0.25, 0.3) is 0 Å². The summed E-state index contributed by atoms with van der Waals surface area (Å²) < 4.78 is 0. The van der Waals surface area contributed by atoms with E-state index in [1.807, 2.05) is 26.0 Å². The number of benzene rings is 1. The maximum Gasteiger partial charge on any atom is 0.331 e. The van der Waals surface area contributed by atoms with Crippen LogP contribution >= 0.6 is 0 Å². The Morgan fingerprint density at radius 1 is 1.44 bits per heavy atom. The minimum atomic E-state index is -0.873. The van der Waals surface area contributed by atoms with Gasteiger partial charge in [-0.15, -0.1) is 0 Å². The van der Waals surface area contributed by atoms with Crippen molar-refractivity contribution in [3.05, 3.63) is 41.0 Å². The summed E-state index contributed by atoms with van der Waals surface area (Å²) in [5.74, 6) is -0.873. The van der Waals surface area contributed by atoms with Crippen molar-refractivity contribution in [3.8, 4) is 0 Å². The third-order valence-electron chi connectivity index (χ3n) is 2.42. The molecular formula is C13H17NO2. The first-order chi connectivity index (χ1) is 7.50. The summed E-state index contributed by atoms with van der Waals surface area (Å²) in [4.78, 5) is 10.6. The molecule has 0 saturated heterocycles. The lowest BCUT2D eigenvalue weighted by atomic mass is 10.1. The number of carbonyl (C=O) groups is 1. The van der Waals surface area contributed by atoms with Crippen LogP contribution in [0, 0.1) is 13.8 Å². The predicted molar refractivity (Wildman–Crippen MR) is 65.8 cm³/mol. The highest BCUT2D eigenvalue weighted by Gasteiger charge is 1.99. The van der Waals surface area contributed by atoms with Crippen molar-refractivity contribution in [2.24, 2.45) is 0 Å². The molecule has 0 spiro atoms. The molecule has 1 rings (SSSR count). The molecular weight excluding hydrogens is 202 g/mol. The van der Waals surface area contributed by atoms with Crippen molar-refractivity contribution >= 4 is 11.7 Å². The van der Waals surface area contributed by atoms with E-state index in [1.54, 1.807) is 13.0 Å². The average Bonchev–Trinajstić information content (AvgIpc) is 2.20. The zero-order chi connectivity index (χ0) is 12.1. The van der Waals surface area contributed by atoms with Gasteiger partial charge in [0.05, 0.1) is 0 Å². The number of nitrogens with one attached hydrogen (secondary N) is 1. The predicted octanol–water partition coefficient (Wildman–Crippen LogP) is 2.75. The molecule has 16 heavy (non-hydrogen) atoms. The molecule has 0 fully saturated rings. The van der Waals surface area contributed by atoms with E-state index in [0.29, 0.717) is 12.1 Å². The number of aliphatic carboxylic acids is 1. The lowest BCUT2D eigenvalue weighted by Gasteiger charge is -2.08. The molecule has 86 valence electrons. The van der Waals surface area contributed by atoms with Gasteiger partial charge in [0, 0.05) is 17.8 Å². The largest absolute Gasteiger partial charge is 0.478 e. The smallest absolute Gasteiger partial charge is 0.331 e. The Bertz CT molecular complexity index is 422. The molecule has 1 aromatic carbocycles. The molecule has 0 atom stereocenters. The second-order valence-electron chi connectivity index (χ2n) is 3.89. The number of anilines is 1. The van der Waals surface area contributed by atoms with E-state index in [9.17, 15) is 4.79 Å². The van der Waals surface area contributed by atoms with Crippen LogP contribution in [0.3, 0.4) is 0 Å². The lowest BCUT2D eigenvalue weighted by Crippen LogP contribution is -2.04. The van der Waals surface area contributed by atoms with E-state index < -0.39 is 5.97 Å². The number of carboxylic acid groups (broad SMARTS) is 1. The van der Waals surface area contributed by atoms with Crippen LogP contribution in [0.25, 0.3) is 0 Å². The van der Waals surface area contributed by atoms with Gasteiger partial charge in [-0.05, 0) is 32.4 Å². The third-order valence-corrected chi connectivity index (χ3v) is 2.42. The van der Waals surface area contributed by atoms with E-state index >= 15 is 0 Å². The molecule has 0 heterocycles.